The van der Waals surface area contributed by atoms with Crippen LogP contribution in [0.25, 0.3) is 0 Å². The van der Waals surface area contributed by atoms with E-state index in [1.165, 1.54) is 58.2 Å². The molecule has 2 heterocycles. The van der Waals surface area contributed by atoms with E-state index in [-0.39, 0.29) is 0 Å². The van der Waals surface area contributed by atoms with Crippen molar-refractivity contribution < 1.29 is 4.74 Å². The van der Waals surface area contributed by atoms with E-state index in [4.69, 9.17) is 4.74 Å². The predicted octanol–water partition coefficient (Wildman–Crippen LogP) is 3.04. The molecule has 0 aromatic carbocycles. The molecule has 0 unspecified atom stereocenters. The summed E-state index contributed by atoms with van der Waals surface area (Å²) < 4.78 is 5.56. The topological polar surface area (TPSA) is 50.3 Å². The first-order valence-corrected chi connectivity index (χ1v) is 8.83. The SMILES string of the molecule is CCOc1cc(NCCCCN2CCCC2)nc(C2CC2)n1. The molecule has 3 rings (SSSR count). The first-order valence-electron chi connectivity index (χ1n) is 8.83. The lowest BCUT2D eigenvalue weighted by Gasteiger charge is -2.14. The number of anilines is 1. The van der Waals surface area contributed by atoms with Gasteiger partial charge in [0, 0.05) is 18.5 Å². The fourth-order valence-electron chi connectivity index (χ4n) is 2.96. The van der Waals surface area contributed by atoms with Gasteiger partial charge >= 0.3 is 0 Å². The van der Waals surface area contributed by atoms with Crippen LogP contribution < -0.4 is 10.1 Å². The summed E-state index contributed by atoms with van der Waals surface area (Å²) in [5.41, 5.74) is 0. The lowest BCUT2D eigenvalue weighted by atomic mass is 10.3. The summed E-state index contributed by atoms with van der Waals surface area (Å²) in [5.74, 6) is 3.13. The Hall–Kier alpha value is -1.36. The Morgan fingerprint density at radius 1 is 1.23 bits per heavy atom. The van der Waals surface area contributed by atoms with Crippen molar-refractivity contribution in [3.63, 3.8) is 0 Å². The van der Waals surface area contributed by atoms with Gasteiger partial charge in [-0.25, -0.2) is 4.98 Å². The zero-order valence-electron chi connectivity index (χ0n) is 13.7. The summed E-state index contributed by atoms with van der Waals surface area (Å²) >= 11 is 0. The second kappa shape index (κ2) is 7.77. The molecule has 0 bridgehead atoms. The second-order valence-corrected chi connectivity index (χ2v) is 6.34. The smallest absolute Gasteiger partial charge is 0.218 e. The number of likely N-dealkylation sites (tertiary alicyclic amines) is 1. The van der Waals surface area contributed by atoms with Gasteiger partial charge in [0.05, 0.1) is 6.61 Å². The quantitative estimate of drug-likeness (QED) is 0.711. The maximum Gasteiger partial charge on any atom is 0.218 e. The van der Waals surface area contributed by atoms with Gasteiger partial charge in [0.2, 0.25) is 5.88 Å². The van der Waals surface area contributed by atoms with Crippen molar-refractivity contribution in [2.24, 2.45) is 0 Å². The lowest BCUT2D eigenvalue weighted by Crippen LogP contribution is -2.21. The van der Waals surface area contributed by atoms with Gasteiger partial charge in [0.25, 0.3) is 0 Å². The third-order valence-electron chi connectivity index (χ3n) is 4.36. The predicted molar refractivity (Wildman–Crippen MR) is 88.6 cm³/mol. The van der Waals surface area contributed by atoms with Gasteiger partial charge in [0.1, 0.15) is 11.6 Å². The molecule has 1 aliphatic heterocycles. The van der Waals surface area contributed by atoms with Gasteiger partial charge in [0.15, 0.2) is 0 Å². The molecule has 1 aromatic heterocycles. The molecule has 1 saturated carbocycles. The van der Waals surface area contributed by atoms with E-state index in [2.05, 4.69) is 20.2 Å². The summed E-state index contributed by atoms with van der Waals surface area (Å²) in [7, 11) is 0. The number of nitrogens with one attached hydrogen (secondary N) is 1. The van der Waals surface area contributed by atoms with Crippen LogP contribution in [0.3, 0.4) is 0 Å². The van der Waals surface area contributed by atoms with E-state index in [1.54, 1.807) is 0 Å². The summed E-state index contributed by atoms with van der Waals surface area (Å²) in [6.45, 7) is 7.44. The summed E-state index contributed by atoms with van der Waals surface area (Å²) in [6.07, 6.45) is 7.62. The average molecular weight is 304 g/mol. The van der Waals surface area contributed by atoms with Crippen molar-refractivity contribution in [3.05, 3.63) is 11.9 Å². The molecule has 2 fully saturated rings. The van der Waals surface area contributed by atoms with Crippen LogP contribution in [0.2, 0.25) is 0 Å². The summed E-state index contributed by atoms with van der Waals surface area (Å²) in [5, 5.41) is 3.44. The van der Waals surface area contributed by atoms with Crippen LogP contribution in [-0.2, 0) is 0 Å². The summed E-state index contributed by atoms with van der Waals surface area (Å²) in [4.78, 5) is 11.7. The zero-order valence-corrected chi connectivity index (χ0v) is 13.7. The van der Waals surface area contributed by atoms with Gasteiger partial charge in [-0.15, -0.1) is 0 Å². The first kappa shape index (κ1) is 15.5. The minimum atomic E-state index is 0.552. The highest BCUT2D eigenvalue weighted by molar-refractivity contribution is 5.39. The second-order valence-electron chi connectivity index (χ2n) is 6.34. The van der Waals surface area contributed by atoms with Crippen molar-refractivity contribution in [2.75, 3.05) is 38.1 Å². The zero-order chi connectivity index (χ0) is 15.2. The van der Waals surface area contributed by atoms with Gasteiger partial charge in [-0.05, 0) is 65.1 Å². The molecule has 122 valence electrons. The van der Waals surface area contributed by atoms with Gasteiger partial charge in [-0.1, -0.05) is 0 Å². The van der Waals surface area contributed by atoms with Gasteiger partial charge in [-0.2, -0.15) is 4.98 Å². The van der Waals surface area contributed by atoms with Crippen LogP contribution in [0, 0.1) is 0 Å². The fourth-order valence-corrected chi connectivity index (χ4v) is 2.96. The van der Waals surface area contributed by atoms with E-state index in [0.717, 1.165) is 18.2 Å². The van der Waals surface area contributed by atoms with Crippen LogP contribution in [0.15, 0.2) is 6.07 Å². The molecule has 22 heavy (non-hydrogen) atoms. The average Bonchev–Trinajstić information content (AvgIpc) is 3.25. The largest absolute Gasteiger partial charge is 0.478 e. The highest BCUT2D eigenvalue weighted by Gasteiger charge is 2.27. The maximum absolute atomic E-state index is 5.56. The van der Waals surface area contributed by atoms with Crippen LogP contribution in [0.1, 0.15) is 57.2 Å². The molecule has 5 nitrogen and oxygen atoms in total. The number of hydrogen-bond donors (Lipinski definition) is 1. The van der Waals surface area contributed by atoms with E-state index >= 15 is 0 Å². The van der Waals surface area contributed by atoms with E-state index in [9.17, 15) is 0 Å². The molecule has 1 aromatic rings. The minimum absolute atomic E-state index is 0.552. The molecule has 2 aliphatic rings. The van der Waals surface area contributed by atoms with Crippen molar-refractivity contribution >= 4 is 5.82 Å². The Morgan fingerprint density at radius 2 is 2.05 bits per heavy atom. The molecule has 1 aliphatic carbocycles. The number of aromatic nitrogens is 2. The van der Waals surface area contributed by atoms with E-state index < -0.39 is 0 Å². The maximum atomic E-state index is 5.56. The first-order chi connectivity index (χ1) is 10.8. The molecule has 0 atom stereocenters. The van der Waals surface area contributed by atoms with Crippen LogP contribution in [0.5, 0.6) is 5.88 Å². The number of hydrogen-bond acceptors (Lipinski definition) is 5. The minimum Gasteiger partial charge on any atom is -0.478 e. The number of rotatable bonds is 9. The van der Waals surface area contributed by atoms with Crippen LogP contribution >= 0.6 is 0 Å². The number of nitrogens with zero attached hydrogens (tertiary/aromatic N) is 3. The van der Waals surface area contributed by atoms with Gasteiger partial charge < -0.3 is 15.0 Å². The van der Waals surface area contributed by atoms with Crippen molar-refractivity contribution in [3.8, 4) is 5.88 Å². The Morgan fingerprint density at radius 3 is 2.77 bits per heavy atom. The molecular formula is C17H28N4O. The monoisotopic (exact) mass is 304 g/mol. The van der Waals surface area contributed by atoms with Crippen molar-refractivity contribution in [2.45, 2.75) is 51.4 Å². The third kappa shape index (κ3) is 4.57. The lowest BCUT2D eigenvalue weighted by molar-refractivity contribution is 0.325. The van der Waals surface area contributed by atoms with Crippen LogP contribution in [-0.4, -0.2) is 47.7 Å². The summed E-state index contributed by atoms with van der Waals surface area (Å²) in [6, 6.07) is 1.93. The Labute approximate surface area is 133 Å². The fraction of sp³-hybridized carbons (Fsp3) is 0.765. The molecular weight excluding hydrogens is 276 g/mol. The molecule has 5 heteroatoms. The molecule has 1 N–H and O–H groups in total. The normalized spacial score (nSPS) is 18.6. The van der Waals surface area contributed by atoms with Gasteiger partial charge in [-0.3, -0.25) is 0 Å². The van der Waals surface area contributed by atoms with E-state index in [1.807, 2.05) is 13.0 Å². The highest BCUT2D eigenvalue weighted by Crippen LogP contribution is 2.39. The molecule has 0 spiro atoms. The number of unbranched alkanes of at least 4 members (excludes halogenated alkanes) is 1. The Bertz CT molecular complexity index is 470. The standard InChI is InChI=1S/C17H28N4O/c1-2-22-16-13-15(19-17(20-16)14-7-8-14)18-9-3-4-10-21-11-5-6-12-21/h13-14H,2-12H2,1H3,(H,18,19,20). The van der Waals surface area contributed by atoms with Crippen LogP contribution in [0.4, 0.5) is 5.82 Å². The molecule has 0 radical (unpaired) electrons. The van der Waals surface area contributed by atoms with Crippen molar-refractivity contribution in [1.29, 1.82) is 0 Å². The Balaban J connectivity index is 1.44. The number of ether oxygens (including phenoxy) is 1. The van der Waals surface area contributed by atoms with Crippen molar-refractivity contribution in [1.82, 2.24) is 14.9 Å². The molecule has 1 saturated heterocycles. The molecule has 0 amide bonds. The highest BCUT2D eigenvalue weighted by atomic mass is 16.5. The third-order valence-corrected chi connectivity index (χ3v) is 4.36. The van der Waals surface area contributed by atoms with E-state index in [0.29, 0.717) is 18.4 Å². The Kier molecular flexibility index (Phi) is 5.48.